The molecule has 0 amide bonds. The van der Waals surface area contributed by atoms with E-state index in [4.69, 9.17) is 0 Å². The fourth-order valence-electron chi connectivity index (χ4n) is 3.49. The van der Waals surface area contributed by atoms with Crippen LogP contribution >= 0.6 is 0 Å². The Labute approximate surface area is 88.8 Å². The summed E-state index contributed by atoms with van der Waals surface area (Å²) in [6.07, 6.45) is 12.5. The SMILES string of the molecule is CC1=CCC2(CCCCC2(C)C)CC1. The van der Waals surface area contributed by atoms with Crippen LogP contribution in [0.15, 0.2) is 11.6 Å². The molecular weight excluding hydrogens is 168 g/mol. The van der Waals surface area contributed by atoms with Crippen molar-refractivity contribution in [1.82, 2.24) is 0 Å². The molecule has 0 N–H and O–H groups in total. The van der Waals surface area contributed by atoms with E-state index in [0.29, 0.717) is 10.8 Å². The molecule has 1 spiro atoms. The fraction of sp³-hybridized carbons (Fsp3) is 0.857. The van der Waals surface area contributed by atoms with E-state index < -0.39 is 0 Å². The summed E-state index contributed by atoms with van der Waals surface area (Å²) in [6, 6.07) is 0. The minimum absolute atomic E-state index is 0.586. The monoisotopic (exact) mass is 192 g/mol. The molecule has 0 radical (unpaired) electrons. The number of allylic oxidation sites excluding steroid dienone is 2. The molecule has 80 valence electrons. The van der Waals surface area contributed by atoms with E-state index in [1.54, 1.807) is 5.57 Å². The normalized spacial score (nSPS) is 36.9. The van der Waals surface area contributed by atoms with Crippen molar-refractivity contribution in [3.05, 3.63) is 11.6 Å². The first-order valence-electron chi connectivity index (χ1n) is 6.21. The van der Waals surface area contributed by atoms with Gasteiger partial charge >= 0.3 is 0 Å². The highest BCUT2D eigenvalue weighted by Crippen LogP contribution is 2.57. The van der Waals surface area contributed by atoms with Crippen molar-refractivity contribution >= 4 is 0 Å². The zero-order chi connectivity index (χ0) is 10.2. The third kappa shape index (κ3) is 1.53. The largest absolute Gasteiger partial charge is 0.0850 e. The van der Waals surface area contributed by atoms with Crippen molar-refractivity contribution in [2.24, 2.45) is 10.8 Å². The number of hydrogen-bond donors (Lipinski definition) is 0. The molecule has 1 atom stereocenters. The van der Waals surface area contributed by atoms with Crippen molar-refractivity contribution in [3.63, 3.8) is 0 Å². The van der Waals surface area contributed by atoms with Crippen LogP contribution in [0.25, 0.3) is 0 Å². The number of hydrogen-bond acceptors (Lipinski definition) is 0. The van der Waals surface area contributed by atoms with Crippen LogP contribution in [0.3, 0.4) is 0 Å². The van der Waals surface area contributed by atoms with E-state index in [2.05, 4.69) is 26.8 Å². The molecule has 2 aliphatic rings. The molecule has 0 aliphatic heterocycles. The van der Waals surface area contributed by atoms with Crippen LogP contribution in [-0.2, 0) is 0 Å². The van der Waals surface area contributed by atoms with E-state index in [1.165, 1.54) is 44.9 Å². The molecule has 2 rings (SSSR count). The van der Waals surface area contributed by atoms with Gasteiger partial charge in [0.25, 0.3) is 0 Å². The highest BCUT2D eigenvalue weighted by molar-refractivity contribution is 5.11. The molecule has 0 bridgehead atoms. The van der Waals surface area contributed by atoms with Gasteiger partial charge in [0.2, 0.25) is 0 Å². The van der Waals surface area contributed by atoms with Gasteiger partial charge in [-0.3, -0.25) is 0 Å². The fourth-order valence-corrected chi connectivity index (χ4v) is 3.49. The van der Waals surface area contributed by atoms with Gasteiger partial charge in [0, 0.05) is 0 Å². The average Bonchev–Trinajstić information content (AvgIpc) is 2.14. The summed E-state index contributed by atoms with van der Waals surface area (Å²) >= 11 is 0. The van der Waals surface area contributed by atoms with Gasteiger partial charge in [0.15, 0.2) is 0 Å². The predicted octanol–water partition coefficient (Wildman–Crippen LogP) is 4.70. The minimum Gasteiger partial charge on any atom is -0.0850 e. The lowest BCUT2D eigenvalue weighted by molar-refractivity contribution is 0.00537. The Bertz CT molecular complexity index is 247. The molecule has 0 nitrogen and oxygen atoms in total. The van der Waals surface area contributed by atoms with Crippen LogP contribution in [-0.4, -0.2) is 0 Å². The van der Waals surface area contributed by atoms with Crippen LogP contribution in [0.1, 0.15) is 65.7 Å². The van der Waals surface area contributed by atoms with Gasteiger partial charge in [0.05, 0.1) is 0 Å². The molecule has 0 aromatic carbocycles. The van der Waals surface area contributed by atoms with E-state index in [9.17, 15) is 0 Å². The van der Waals surface area contributed by atoms with Crippen LogP contribution in [0.2, 0.25) is 0 Å². The lowest BCUT2D eigenvalue weighted by Gasteiger charge is -2.52. The molecule has 14 heavy (non-hydrogen) atoms. The zero-order valence-electron chi connectivity index (χ0n) is 10.0. The first kappa shape index (κ1) is 10.3. The van der Waals surface area contributed by atoms with Crippen LogP contribution in [0.4, 0.5) is 0 Å². The molecule has 2 aliphatic carbocycles. The molecule has 0 saturated heterocycles. The van der Waals surface area contributed by atoms with Crippen LogP contribution < -0.4 is 0 Å². The molecule has 0 heterocycles. The topological polar surface area (TPSA) is 0 Å². The Hall–Kier alpha value is -0.260. The van der Waals surface area contributed by atoms with Crippen molar-refractivity contribution in [3.8, 4) is 0 Å². The van der Waals surface area contributed by atoms with Crippen molar-refractivity contribution in [1.29, 1.82) is 0 Å². The van der Waals surface area contributed by atoms with Crippen LogP contribution in [0, 0.1) is 10.8 Å². The molecule has 1 unspecified atom stereocenters. The molecular formula is C14H24. The van der Waals surface area contributed by atoms with E-state index in [-0.39, 0.29) is 0 Å². The summed E-state index contributed by atoms with van der Waals surface area (Å²) in [5, 5.41) is 0. The Morgan fingerprint density at radius 2 is 1.79 bits per heavy atom. The average molecular weight is 192 g/mol. The summed E-state index contributed by atoms with van der Waals surface area (Å²) in [4.78, 5) is 0. The standard InChI is InChI=1S/C14H24/c1-12-6-10-14(11-7-12)9-5-4-8-13(14,2)3/h6H,4-5,7-11H2,1-3H3. The van der Waals surface area contributed by atoms with Crippen LogP contribution in [0.5, 0.6) is 0 Å². The Balaban J connectivity index is 2.21. The third-order valence-corrected chi connectivity index (χ3v) is 4.98. The van der Waals surface area contributed by atoms with Gasteiger partial charge in [-0.15, -0.1) is 0 Å². The first-order valence-corrected chi connectivity index (χ1v) is 6.21. The molecule has 1 saturated carbocycles. The third-order valence-electron chi connectivity index (χ3n) is 4.98. The van der Waals surface area contributed by atoms with Gasteiger partial charge in [-0.1, -0.05) is 38.3 Å². The Morgan fingerprint density at radius 3 is 2.36 bits per heavy atom. The van der Waals surface area contributed by atoms with Gasteiger partial charge in [-0.2, -0.15) is 0 Å². The second kappa shape index (κ2) is 3.40. The smallest absolute Gasteiger partial charge is 0.0209 e. The van der Waals surface area contributed by atoms with Gasteiger partial charge in [-0.25, -0.2) is 0 Å². The Kier molecular flexibility index (Phi) is 2.49. The summed E-state index contributed by atoms with van der Waals surface area (Å²) in [5.74, 6) is 0. The highest BCUT2D eigenvalue weighted by atomic mass is 14.5. The first-order chi connectivity index (χ1) is 6.56. The van der Waals surface area contributed by atoms with Gasteiger partial charge in [-0.05, 0) is 49.9 Å². The highest BCUT2D eigenvalue weighted by Gasteiger charge is 2.45. The summed E-state index contributed by atoms with van der Waals surface area (Å²) in [7, 11) is 0. The summed E-state index contributed by atoms with van der Waals surface area (Å²) < 4.78 is 0. The van der Waals surface area contributed by atoms with E-state index >= 15 is 0 Å². The van der Waals surface area contributed by atoms with Gasteiger partial charge in [0.1, 0.15) is 0 Å². The minimum atomic E-state index is 0.586. The maximum absolute atomic E-state index is 2.51. The molecule has 0 heteroatoms. The Morgan fingerprint density at radius 1 is 1.07 bits per heavy atom. The summed E-state index contributed by atoms with van der Waals surface area (Å²) in [5.41, 5.74) is 2.87. The summed E-state index contributed by atoms with van der Waals surface area (Å²) in [6.45, 7) is 7.30. The van der Waals surface area contributed by atoms with Crippen molar-refractivity contribution in [2.75, 3.05) is 0 Å². The van der Waals surface area contributed by atoms with Gasteiger partial charge < -0.3 is 0 Å². The van der Waals surface area contributed by atoms with E-state index in [1.807, 2.05) is 0 Å². The maximum Gasteiger partial charge on any atom is -0.0209 e. The lowest BCUT2D eigenvalue weighted by atomic mass is 9.53. The van der Waals surface area contributed by atoms with E-state index in [0.717, 1.165) is 0 Å². The zero-order valence-corrected chi connectivity index (χ0v) is 10.0. The second-order valence-corrected chi connectivity index (χ2v) is 6.13. The predicted molar refractivity (Wildman–Crippen MR) is 62.3 cm³/mol. The number of rotatable bonds is 0. The molecule has 0 aromatic heterocycles. The van der Waals surface area contributed by atoms with Crippen molar-refractivity contribution < 1.29 is 0 Å². The second-order valence-electron chi connectivity index (χ2n) is 6.13. The molecule has 1 fully saturated rings. The lowest BCUT2D eigenvalue weighted by Crippen LogP contribution is -2.41. The molecule has 0 aromatic rings. The maximum atomic E-state index is 2.51. The quantitative estimate of drug-likeness (QED) is 0.488. The van der Waals surface area contributed by atoms with Crippen molar-refractivity contribution in [2.45, 2.75) is 65.7 Å².